The third-order valence-electron chi connectivity index (χ3n) is 6.58. The quantitative estimate of drug-likeness (QED) is 0.833. The highest BCUT2D eigenvalue weighted by Gasteiger charge is 2.40. The van der Waals surface area contributed by atoms with Crippen molar-refractivity contribution < 1.29 is 9.90 Å². The Hall–Kier alpha value is -2.34. The number of hydrogen-bond donors (Lipinski definition) is 1. The third-order valence-corrected chi connectivity index (χ3v) is 6.80. The zero-order valence-electron chi connectivity index (χ0n) is 17.0. The molecule has 1 aliphatic heterocycles. The van der Waals surface area contributed by atoms with Crippen LogP contribution < -0.4 is 5.56 Å². The zero-order chi connectivity index (χ0) is 20.9. The molecule has 0 spiro atoms. The van der Waals surface area contributed by atoms with Crippen molar-refractivity contribution in [3.8, 4) is 5.75 Å². The summed E-state index contributed by atoms with van der Waals surface area (Å²) < 4.78 is 1.75. The minimum Gasteiger partial charge on any atom is -0.501 e. The van der Waals surface area contributed by atoms with Crippen molar-refractivity contribution in [3.05, 3.63) is 56.2 Å². The molecule has 29 heavy (non-hydrogen) atoms. The number of halogens is 1. The van der Waals surface area contributed by atoms with Gasteiger partial charge in [-0.2, -0.15) is 4.98 Å². The molecule has 6 nitrogen and oxygen atoms in total. The average molecular weight is 416 g/mol. The van der Waals surface area contributed by atoms with Gasteiger partial charge in [0.05, 0.1) is 0 Å². The lowest BCUT2D eigenvalue weighted by molar-refractivity contribution is 0.0660. The molecule has 1 aliphatic carbocycles. The first kappa shape index (κ1) is 20.0. The summed E-state index contributed by atoms with van der Waals surface area (Å²) in [5, 5.41) is 11.0. The second kappa shape index (κ2) is 7.17. The van der Waals surface area contributed by atoms with Crippen LogP contribution in [0, 0.1) is 6.92 Å². The van der Waals surface area contributed by atoms with E-state index >= 15 is 0 Å². The van der Waals surface area contributed by atoms with E-state index in [0.29, 0.717) is 23.8 Å². The van der Waals surface area contributed by atoms with Crippen molar-refractivity contribution >= 4 is 17.5 Å². The maximum absolute atomic E-state index is 12.8. The molecule has 1 atom stereocenters. The lowest BCUT2D eigenvalue weighted by atomic mass is 9.75. The van der Waals surface area contributed by atoms with Crippen LogP contribution in [0.5, 0.6) is 5.75 Å². The van der Waals surface area contributed by atoms with Gasteiger partial charge in [-0.3, -0.25) is 9.59 Å². The fraction of sp³-hybridized carbons (Fsp3) is 0.500. The van der Waals surface area contributed by atoms with Crippen LogP contribution in [0.2, 0.25) is 5.02 Å². The molecule has 0 saturated heterocycles. The number of hydrogen-bond acceptors (Lipinski definition) is 4. The van der Waals surface area contributed by atoms with E-state index in [2.05, 4.69) is 11.1 Å². The van der Waals surface area contributed by atoms with Gasteiger partial charge in [-0.25, -0.2) is 0 Å². The van der Waals surface area contributed by atoms with Crippen LogP contribution >= 0.6 is 11.6 Å². The average Bonchev–Trinajstić information content (AvgIpc) is 3.13. The highest BCUT2D eigenvalue weighted by atomic mass is 35.5. The van der Waals surface area contributed by atoms with Crippen molar-refractivity contribution in [1.29, 1.82) is 0 Å². The van der Waals surface area contributed by atoms with Gasteiger partial charge in [-0.15, -0.1) is 0 Å². The van der Waals surface area contributed by atoms with Crippen LogP contribution in [-0.2, 0) is 18.4 Å². The molecule has 0 unspecified atom stereocenters. The van der Waals surface area contributed by atoms with Gasteiger partial charge in [0.25, 0.3) is 5.91 Å². The van der Waals surface area contributed by atoms with Crippen LogP contribution in [0.25, 0.3) is 0 Å². The number of aryl methyl sites for hydroxylation is 1. The Morgan fingerprint density at radius 2 is 1.93 bits per heavy atom. The largest absolute Gasteiger partial charge is 0.501 e. The fourth-order valence-electron chi connectivity index (χ4n) is 4.86. The number of carbonyl (C=O) groups is 1. The predicted octanol–water partition coefficient (Wildman–Crippen LogP) is 3.44. The number of nitrogens with zero attached hydrogens (tertiary/aromatic N) is 3. The molecule has 1 amide bonds. The summed E-state index contributed by atoms with van der Waals surface area (Å²) in [5.74, 6) is -0.340. The Balaban J connectivity index is 1.86. The van der Waals surface area contributed by atoms with E-state index in [0.717, 1.165) is 36.8 Å². The molecule has 1 saturated carbocycles. The van der Waals surface area contributed by atoms with Gasteiger partial charge >= 0.3 is 5.56 Å². The van der Waals surface area contributed by atoms with E-state index in [1.165, 1.54) is 0 Å². The van der Waals surface area contributed by atoms with E-state index in [1.807, 2.05) is 26.0 Å². The molecule has 2 aliphatic rings. The van der Waals surface area contributed by atoms with E-state index in [-0.39, 0.29) is 23.1 Å². The molecule has 7 heteroatoms. The summed E-state index contributed by atoms with van der Waals surface area (Å²) in [5.41, 5.74) is 1.39. The number of fused-ring (bicyclic) bond motifs is 1. The van der Waals surface area contributed by atoms with Crippen molar-refractivity contribution in [2.24, 2.45) is 0 Å². The number of amides is 1. The first-order valence-corrected chi connectivity index (χ1v) is 10.5. The monoisotopic (exact) mass is 415 g/mol. The van der Waals surface area contributed by atoms with Gasteiger partial charge < -0.3 is 14.6 Å². The predicted molar refractivity (Wildman–Crippen MR) is 112 cm³/mol. The second-order valence-electron chi connectivity index (χ2n) is 8.59. The number of aromatic hydroxyl groups is 1. The normalized spacial score (nSPS) is 20.8. The van der Waals surface area contributed by atoms with Gasteiger partial charge in [-0.05, 0) is 49.9 Å². The third kappa shape index (κ3) is 3.33. The Labute approximate surface area is 175 Å². The highest BCUT2D eigenvalue weighted by Crippen LogP contribution is 2.44. The Morgan fingerprint density at radius 1 is 1.24 bits per heavy atom. The van der Waals surface area contributed by atoms with Gasteiger partial charge in [0.15, 0.2) is 5.69 Å². The molecule has 2 heterocycles. The van der Waals surface area contributed by atoms with E-state index in [4.69, 9.17) is 11.6 Å². The van der Waals surface area contributed by atoms with Crippen molar-refractivity contribution in [2.75, 3.05) is 7.05 Å². The smallest absolute Gasteiger partial charge is 0.315 e. The molecular formula is C22H26ClN3O3. The Morgan fingerprint density at radius 3 is 2.59 bits per heavy atom. The number of carbonyl (C=O) groups excluding carboxylic acids is 1. The molecule has 0 bridgehead atoms. The van der Waals surface area contributed by atoms with Gasteiger partial charge in [0.2, 0.25) is 5.75 Å². The van der Waals surface area contributed by atoms with Crippen molar-refractivity contribution in [2.45, 2.75) is 64.0 Å². The van der Waals surface area contributed by atoms with E-state index < -0.39 is 11.3 Å². The molecule has 1 N–H and O–H groups in total. The number of rotatable bonds is 3. The molecule has 1 aromatic carbocycles. The van der Waals surface area contributed by atoms with Crippen molar-refractivity contribution in [3.63, 3.8) is 0 Å². The second-order valence-corrected chi connectivity index (χ2v) is 9.02. The SMILES string of the molecule is Cc1cc(Cl)cc(C2(Cc3nc(=O)c(O)c4n3C[C@H](C)N(C)C4=O)CCCC2)c1. The number of likely N-dealkylation sites (N-methyl/N-ethyl adjacent to an activating group) is 1. The van der Waals surface area contributed by atoms with E-state index in [1.54, 1.807) is 16.5 Å². The summed E-state index contributed by atoms with van der Waals surface area (Å²) in [6.45, 7) is 4.48. The minimum absolute atomic E-state index is 0.0506. The standard InChI is InChI=1S/C22H26ClN3O3/c1-13-8-15(10-16(23)9-13)22(6-4-5-7-22)11-17-24-20(28)19(27)18-21(29)25(3)14(2)12-26(17)18/h8-10,14,27H,4-7,11-12H2,1-3H3/t14-/m0/s1. The maximum atomic E-state index is 12.8. The summed E-state index contributed by atoms with van der Waals surface area (Å²) in [6, 6.07) is 6.06. The molecule has 1 fully saturated rings. The zero-order valence-corrected chi connectivity index (χ0v) is 17.8. The molecule has 1 aromatic heterocycles. The number of benzene rings is 1. The summed E-state index contributed by atoms with van der Waals surface area (Å²) in [4.78, 5) is 31.0. The first-order chi connectivity index (χ1) is 13.7. The molecule has 154 valence electrons. The van der Waals surface area contributed by atoms with Crippen LogP contribution in [0.15, 0.2) is 23.0 Å². The summed E-state index contributed by atoms with van der Waals surface area (Å²) in [6.07, 6.45) is 4.68. The summed E-state index contributed by atoms with van der Waals surface area (Å²) in [7, 11) is 1.69. The van der Waals surface area contributed by atoms with Crippen LogP contribution in [0.4, 0.5) is 0 Å². The van der Waals surface area contributed by atoms with Gasteiger partial charge in [-0.1, -0.05) is 30.5 Å². The Bertz CT molecular complexity index is 1020. The fourth-order valence-corrected chi connectivity index (χ4v) is 5.15. The first-order valence-electron chi connectivity index (χ1n) is 10.1. The van der Waals surface area contributed by atoms with Crippen molar-refractivity contribution in [1.82, 2.24) is 14.5 Å². The molecule has 4 rings (SSSR count). The van der Waals surface area contributed by atoms with Crippen LogP contribution in [-0.4, -0.2) is 38.6 Å². The lowest BCUT2D eigenvalue weighted by Gasteiger charge is -2.36. The van der Waals surface area contributed by atoms with E-state index in [9.17, 15) is 14.7 Å². The summed E-state index contributed by atoms with van der Waals surface area (Å²) >= 11 is 6.36. The molecule has 0 radical (unpaired) electrons. The lowest BCUT2D eigenvalue weighted by Crippen LogP contribution is -2.47. The van der Waals surface area contributed by atoms with Gasteiger partial charge in [0, 0.05) is 36.5 Å². The van der Waals surface area contributed by atoms with Crippen LogP contribution in [0.3, 0.4) is 0 Å². The van der Waals surface area contributed by atoms with Crippen LogP contribution in [0.1, 0.15) is 60.0 Å². The topological polar surface area (TPSA) is 75.4 Å². The number of aromatic nitrogens is 2. The minimum atomic E-state index is -0.738. The molecular weight excluding hydrogens is 390 g/mol. The Kier molecular flexibility index (Phi) is 4.93. The highest BCUT2D eigenvalue weighted by molar-refractivity contribution is 6.30. The maximum Gasteiger partial charge on any atom is 0.315 e. The van der Waals surface area contributed by atoms with Gasteiger partial charge in [0.1, 0.15) is 5.82 Å². The molecule has 2 aromatic rings.